The van der Waals surface area contributed by atoms with Gasteiger partial charge in [0.2, 0.25) is 5.13 Å². The van der Waals surface area contributed by atoms with E-state index in [1.807, 2.05) is 0 Å². The number of phenols is 1. The molecule has 0 saturated heterocycles. The van der Waals surface area contributed by atoms with Crippen LogP contribution in [-0.4, -0.2) is 21.2 Å². The zero-order chi connectivity index (χ0) is 23.0. The summed E-state index contributed by atoms with van der Waals surface area (Å²) in [5.74, 6) is 0.341. The van der Waals surface area contributed by atoms with E-state index < -0.39 is 4.92 Å². The molecule has 4 rings (SSSR count). The second-order valence-corrected chi connectivity index (χ2v) is 9.75. The van der Waals surface area contributed by atoms with Gasteiger partial charge in [0.25, 0.3) is 5.69 Å². The maximum atomic E-state index is 10.9. The van der Waals surface area contributed by atoms with Crippen LogP contribution in [0.2, 0.25) is 0 Å². The van der Waals surface area contributed by atoms with Gasteiger partial charge in [-0.1, -0.05) is 24.6 Å². The number of nitro groups is 1. The molecule has 1 fully saturated rings. The van der Waals surface area contributed by atoms with Gasteiger partial charge < -0.3 is 5.11 Å². The van der Waals surface area contributed by atoms with E-state index in [9.17, 15) is 15.2 Å². The highest BCUT2D eigenvalue weighted by Gasteiger charge is 2.44. The van der Waals surface area contributed by atoms with Crippen LogP contribution in [0.15, 0.2) is 40.8 Å². The van der Waals surface area contributed by atoms with Crippen molar-refractivity contribution in [2.45, 2.75) is 51.9 Å². The SMILES string of the molecule is Cc1cc(C)c(C2(C)CC(c3csc(N/N=C/c4cc([N+](=O)[O-])ccc4O)n3)C2)c(C)c1. The first-order valence-electron chi connectivity index (χ1n) is 10.5. The van der Waals surface area contributed by atoms with Crippen LogP contribution in [-0.2, 0) is 5.41 Å². The molecule has 0 bridgehead atoms. The minimum Gasteiger partial charge on any atom is -0.507 e. The molecular weight excluding hydrogens is 424 g/mol. The molecule has 1 aliphatic carbocycles. The van der Waals surface area contributed by atoms with Crippen LogP contribution in [0.25, 0.3) is 0 Å². The number of aromatic nitrogens is 1. The molecule has 1 aromatic heterocycles. The number of phenolic OH excluding ortho intramolecular Hbond substituents is 1. The van der Waals surface area contributed by atoms with Crippen molar-refractivity contribution in [2.75, 3.05) is 5.43 Å². The van der Waals surface area contributed by atoms with Gasteiger partial charge in [-0.05, 0) is 61.8 Å². The smallest absolute Gasteiger partial charge is 0.270 e. The molecule has 3 aromatic rings. The van der Waals surface area contributed by atoms with Gasteiger partial charge in [-0.3, -0.25) is 15.5 Å². The van der Waals surface area contributed by atoms with Crippen LogP contribution < -0.4 is 5.43 Å². The lowest BCUT2D eigenvalue weighted by Crippen LogP contribution is -2.38. The van der Waals surface area contributed by atoms with Crippen molar-refractivity contribution in [2.24, 2.45) is 5.10 Å². The topological polar surface area (TPSA) is 101 Å². The number of thiazole rings is 1. The zero-order valence-corrected chi connectivity index (χ0v) is 19.4. The molecule has 0 amide bonds. The van der Waals surface area contributed by atoms with Crippen LogP contribution in [0.1, 0.15) is 59.2 Å². The highest BCUT2D eigenvalue weighted by atomic mass is 32.1. The maximum Gasteiger partial charge on any atom is 0.270 e. The van der Waals surface area contributed by atoms with Crippen molar-refractivity contribution in [3.05, 3.63) is 79.3 Å². The van der Waals surface area contributed by atoms with Gasteiger partial charge in [0.15, 0.2) is 0 Å². The number of nitro benzene ring substituents is 1. The van der Waals surface area contributed by atoms with Crippen LogP contribution in [0.5, 0.6) is 5.75 Å². The van der Waals surface area contributed by atoms with E-state index in [1.165, 1.54) is 58.0 Å². The fourth-order valence-electron chi connectivity index (χ4n) is 5.01. The van der Waals surface area contributed by atoms with E-state index in [-0.39, 0.29) is 22.4 Å². The predicted molar refractivity (Wildman–Crippen MR) is 128 cm³/mol. The van der Waals surface area contributed by atoms with Crippen molar-refractivity contribution in [3.8, 4) is 5.75 Å². The Bertz CT molecular complexity index is 1190. The highest BCUT2D eigenvalue weighted by Crippen LogP contribution is 2.54. The number of rotatable bonds is 6. The summed E-state index contributed by atoms with van der Waals surface area (Å²) in [6.07, 6.45) is 3.48. The first-order valence-corrected chi connectivity index (χ1v) is 11.3. The van der Waals surface area contributed by atoms with E-state index in [1.54, 1.807) is 0 Å². The molecule has 0 aliphatic heterocycles. The minimum absolute atomic E-state index is 0.0728. The molecule has 2 N–H and O–H groups in total. The normalized spacial score (nSPS) is 20.3. The summed E-state index contributed by atoms with van der Waals surface area (Å²) in [6, 6.07) is 8.34. The molecule has 1 aliphatic rings. The van der Waals surface area contributed by atoms with E-state index in [0.717, 1.165) is 18.5 Å². The molecule has 2 aromatic carbocycles. The van der Waals surface area contributed by atoms with Gasteiger partial charge in [0.05, 0.1) is 16.8 Å². The summed E-state index contributed by atoms with van der Waals surface area (Å²) < 4.78 is 0. The molecule has 0 radical (unpaired) electrons. The highest BCUT2D eigenvalue weighted by molar-refractivity contribution is 7.13. The van der Waals surface area contributed by atoms with Gasteiger partial charge in [0.1, 0.15) is 5.75 Å². The Morgan fingerprint density at radius 1 is 1.25 bits per heavy atom. The minimum atomic E-state index is -0.511. The molecule has 8 heteroatoms. The van der Waals surface area contributed by atoms with Crippen molar-refractivity contribution in [1.29, 1.82) is 0 Å². The van der Waals surface area contributed by atoms with Crippen LogP contribution in [0.4, 0.5) is 10.8 Å². The number of aryl methyl sites for hydroxylation is 3. The number of benzene rings is 2. The largest absolute Gasteiger partial charge is 0.507 e. The molecular formula is C24H26N4O3S. The van der Waals surface area contributed by atoms with E-state index >= 15 is 0 Å². The lowest BCUT2D eigenvalue weighted by molar-refractivity contribution is -0.384. The second kappa shape index (κ2) is 8.35. The lowest BCUT2D eigenvalue weighted by Gasteiger charge is -2.47. The number of nitrogens with zero attached hydrogens (tertiary/aromatic N) is 3. The summed E-state index contributed by atoms with van der Waals surface area (Å²) in [5, 5.41) is 27.6. The average Bonchev–Trinajstić information content (AvgIpc) is 3.14. The monoisotopic (exact) mass is 450 g/mol. The van der Waals surface area contributed by atoms with E-state index in [2.05, 4.69) is 60.7 Å². The van der Waals surface area contributed by atoms with Crippen molar-refractivity contribution in [3.63, 3.8) is 0 Å². The van der Waals surface area contributed by atoms with Crippen molar-refractivity contribution < 1.29 is 10.0 Å². The number of hydrogen-bond acceptors (Lipinski definition) is 7. The average molecular weight is 451 g/mol. The first-order chi connectivity index (χ1) is 15.2. The van der Waals surface area contributed by atoms with Gasteiger partial charge in [-0.15, -0.1) is 11.3 Å². The van der Waals surface area contributed by atoms with Gasteiger partial charge >= 0.3 is 0 Å². The zero-order valence-electron chi connectivity index (χ0n) is 18.5. The molecule has 0 spiro atoms. The molecule has 7 nitrogen and oxygen atoms in total. The van der Waals surface area contributed by atoms with Crippen LogP contribution in [0.3, 0.4) is 0 Å². The number of anilines is 1. The Morgan fingerprint density at radius 2 is 1.94 bits per heavy atom. The summed E-state index contributed by atoms with van der Waals surface area (Å²) in [6.45, 7) is 8.89. The number of aromatic hydroxyl groups is 1. The Balaban J connectivity index is 1.41. The van der Waals surface area contributed by atoms with Gasteiger partial charge in [-0.2, -0.15) is 5.10 Å². The van der Waals surface area contributed by atoms with Crippen LogP contribution >= 0.6 is 11.3 Å². The Kier molecular flexibility index (Phi) is 5.73. The van der Waals surface area contributed by atoms with Crippen LogP contribution in [0, 0.1) is 30.9 Å². The standard InChI is InChI=1S/C24H26N4O3S/c1-14-7-15(2)22(16(3)8-14)24(4)10-18(11-24)20-13-32-23(26-20)27-25-12-17-9-19(28(30)31)5-6-21(17)29/h5-9,12-13,18,29H,10-11H2,1-4H3,(H,26,27)/b25-12+. The summed E-state index contributed by atoms with van der Waals surface area (Å²) in [5.41, 5.74) is 9.75. The number of hydrogen-bond donors (Lipinski definition) is 2. The molecule has 166 valence electrons. The molecule has 1 saturated carbocycles. The molecule has 0 unspecified atom stereocenters. The van der Waals surface area contributed by atoms with E-state index in [4.69, 9.17) is 0 Å². The third-order valence-electron chi connectivity index (χ3n) is 6.20. The predicted octanol–water partition coefficient (Wildman–Crippen LogP) is 5.96. The summed E-state index contributed by atoms with van der Waals surface area (Å²) in [7, 11) is 0. The van der Waals surface area contributed by atoms with E-state index in [0.29, 0.717) is 11.0 Å². The Hall–Kier alpha value is -3.26. The fourth-order valence-corrected chi connectivity index (χ4v) is 5.76. The summed E-state index contributed by atoms with van der Waals surface area (Å²) in [4.78, 5) is 15.1. The maximum absolute atomic E-state index is 10.9. The third-order valence-corrected chi connectivity index (χ3v) is 6.97. The fraction of sp³-hybridized carbons (Fsp3) is 0.333. The third kappa shape index (κ3) is 4.23. The van der Waals surface area contributed by atoms with Crippen molar-refractivity contribution >= 4 is 28.4 Å². The van der Waals surface area contributed by atoms with Gasteiger partial charge in [0, 0.05) is 29.0 Å². The summed E-state index contributed by atoms with van der Waals surface area (Å²) >= 11 is 1.47. The van der Waals surface area contributed by atoms with Gasteiger partial charge in [-0.25, -0.2) is 4.98 Å². The first kappa shape index (κ1) is 22.0. The number of nitrogens with one attached hydrogen (secondary N) is 1. The second-order valence-electron chi connectivity index (χ2n) is 8.89. The molecule has 32 heavy (non-hydrogen) atoms. The molecule has 1 heterocycles. The molecule has 0 atom stereocenters. The number of hydrazone groups is 1. The number of non-ortho nitro benzene ring substituents is 1. The van der Waals surface area contributed by atoms with Crippen molar-refractivity contribution in [1.82, 2.24) is 4.98 Å². The lowest BCUT2D eigenvalue weighted by atomic mass is 9.57. The Labute approximate surface area is 191 Å². The quantitative estimate of drug-likeness (QED) is 0.274. The Morgan fingerprint density at radius 3 is 2.59 bits per heavy atom.